The van der Waals surface area contributed by atoms with Gasteiger partial charge in [0.05, 0.1) is 12.7 Å². The van der Waals surface area contributed by atoms with Crippen LogP contribution in [0.2, 0.25) is 0 Å². The Bertz CT molecular complexity index is 1220. The van der Waals surface area contributed by atoms with Gasteiger partial charge in [0.2, 0.25) is 0 Å². The molecule has 2 heterocycles. The summed E-state index contributed by atoms with van der Waals surface area (Å²) in [5, 5.41) is 9.20. The molecular formula is C27H31N5O4. The van der Waals surface area contributed by atoms with Crippen LogP contribution < -0.4 is 9.80 Å². The molecule has 188 valence electrons. The number of carboxylic acid groups (broad SMARTS) is 1. The zero-order valence-electron chi connectivity index (χ0n) is 20.8. The molecule has 1 atom stereocenters. The van der Waals surface area contributed by atoms with Crippen LogP contribution in [0.4, 0.5) is 16.3 Å². The van der Waals surface area contributed by atoms with E-state index < -0.39 is 6.09 Å². The fourth-order valence-corrected chi connectivity index (χ4v) is 4.18. The minimum absolute atomic E-state index is 0.133. The summed E-state index contributed by atoms with van der Waals surface area (Å²) in [4.78, 5) is 38.3. The Morgan fingerprint density at radius 1 is 1.17 bits per heavy atom. The highest BCUT2D eigenvalue weighted by Crippen LogP contribution is 2.28. The first-order chi connectivity index (χ1) is 17.3. The molecule has 4 rings (SSSR count). The number of aryl methyl sites for hydroxylation is 1. The fourth-order valence-electron chi connectivity index (χ4n) is 4.18. The molecule has 1 aromatic heterocycles. The molecular weight excluding hydrogens is 458 g/mol. The molecule has 9 nitrogen and oxygen atoms in total. The van der Waals surface area contributed by atoms with Crippen LogP contribution in [-0.2, 0) is 11.3 Å². The van der Waals surface area contributed by atoms with Gasteiger partial charge >= 0.3 is 6.09 Å². The van der Waals surface area contributed by atoms with Gasteiger partial charge in [-0.2, -0.15) is 0 Å². The number of rotatable bonds is 8. The van der Waals surface area contributed by atoms with Gasteiger partial charge in [0.15, 0.2) is 0 Å². The molecule has 0 fully saturated rings. The average molecular weight is 490 g/mol. The number of anilines is 2. The van der Waals surface area contributed by atoms with Gasteiger partial charge in [-0.3, -0.25) is 4.79 Å². The number of ether oxygens (including phenoxy) is 1. The van der Waals surface area contributed by atoms with Crippen LogP contribution in [0.5, 0.6) is 0 Å². The van der Waals surface area contributed by atoms with Gasteiger partial charge in [-0.1, -0.05) is 42.5 Å². The van der Waals surface area contributed by atoms with E-state index in [0.29, 0.717) is 49.9 Å². The fraction of sp³-hybridized carbons (Fsp3) is 0.333. The standard InChI is InChI=1S/C27H31N5O4/c1-19-28-17-23-25(29-19)30(2)14-15-32(26(23)33)22-11-7-8-20(16-22)18-36-24(12-13-31(3)27(34)35)21-9-5-4-6-10-21/h4-11,16-17,24H,12-15,18H2,1-3H3,(H,34,35)/t24-/m1/s1. The molecule has 2 amide bonds. The maximum atomic E-state index is 13.4. The van der Waals surface area contributed by atoms with Gasteiger partial charge in [-0.15, -0.1) is 0 Å². The molecule has 9 heteroatoms. The number of carbonyl (C=O) groups is 2. The van der Waals surface area contributed by atoms with Crippen LogP contribution in [0.1, 0.15) is 39.8 Å². The van der Waals surface area contributed by atoms with E-state index in [1.165, 1.54) is 4.90 Å². The third-order valence-electron chi connectivity index (χ3n) is 6.28. The second kappa shape index (κ2) is 11.2. The Morgan fingerprint density at radius 2 is 1.94 bits per heavy atom. The summed E-state index contributed by atoms with van der Waals surface area (Å²) in [5.74, 6) is 1.14. The van der Waals surface area contributed by atoms with Crippen molar-refractivity contribution in [2.45, 2.75) is 26.1 Å². The Labute approximate surface area is 211 Å². The van der Waals surface area contributed by atoms with E-state index in [2.05, 4.69) is 9.97 Å². The van der Waals surface area contributed by atoms with E-state index in [4.69, 9.17) is 4.74 Å². The predicted octanol–water partition coefficient (Wildman–Crippen LogP) is 4.14. The van der Waals surface area contributed by atoms with Crippen LogP contribution >= 0.6 is 0 Å². The number of aromatic nitrogens is 2. The number of hydrogen-bond donors (Lipinski definition) is 1. The average Bonchev–Trinajstić information content (AvgIpc) is 3.00. The lowest BCUT2D eigenvalue weighted by Gasteiger charge is -2.23. The summed E-state index contributed by atoms with van der Waals surface area (Å²) in [6.07, 6.45) is 0.891. The lowest BCUT2D eigenvalue weighted by Crippen LogP contribution is -2.33. The van der Waals surface area contributed by atoms with Gasteiger partial charge < -0.3 is 24.5 Å². The largest absolute Gasteiger partial charge is 0.465 e. The van der Waals surface area contributed by atoms with Gasteiger partial charge in [0.1, 0.15) is 17.2 Å². The van der Waals surface area contributed by atoms with Crippen LogP contribution in [0, 0.1) is 6.92 Å². The Morgan fingerprint density at radius 3 is 2.69 bits per heavy atom. The van der Waals surface area contributed by atoms with Crippen molar-refractivity contribution in [1.29, 1.82) is 0 Å². The van der Waals surface area contributed by atoms with E-state index in [9.17, 15) is 14.7 Å². The van der Waals surface area contributed by atoms with E-state index in [1.54, 1.807) is 18.1 Å². The van der Waals surface area contributed by atoms with Gasteiger partial charge in [-0.25, -0.2) is 14.8 Å². The summed E-state index contributed by atoms with van der Waals surface area (Å²) in [7, 11) is 3.48. The van der Waals surface area contributed by atoms with Crippen molar-refractivity contribution in [3.8, 4) is 0 Å². The number of fused-ring (bicyclic) bond motifs is 1. The SMILES string of the molecule is Cc1ncc2c(n1)N(C)CCN(c1cccc(CO[C@H](CCN(C)C(=O)O)c3ccccc3)c1)C2=O. The first-order valence-electron chi connectivity index (χ1n) is 11.9. The topological polar surface area (TPSA) is 99.1 Å². The van der Waals surface area contributed by atoms with Crippen molar-refractivity contribution < 1.29 is 19.4 Å². The van der Waals surface area contributed by atoms with E-state index in [1.807, 2.05) is 73.5 Å². The lowest BCUT2D eigenvalue weighted by molar-refractivity contribution is 0.0288. The van der Waals surface area contributed by atoms with Crippen LogP contribution in [0.25, 0.3) is 0 Å². The minimum atomic E-state index is -0.968. The molecule has 0 spiro atoms. The summed E-state index contributed by atoms with van der Waals surface area (Å²) < 4.78 is 6.27. The Balaban J connectivity index is 1.51. The highest BCUT2D eigenvalue weighted by Gasteiger charge is 2.28. The minimum Gasteiger partial charge on any atom is -0.465 e. The lowest BCUT2D eigenvalue weighted by atomic mass is 10.1. The van der Waals surface area contributed by atoms with Gasteiger partial charge in [0, 0.05) is 45.6 Å². The smallest absolute Gasteiger partial charge is 0.407 e. The molecule has 0 saturated carbocycles. The molecule has 36 heavy (non-hydrogen) atoms. The van der Waals surface area contributed by atoms with E-state index in [-0.39, 0.29) is 12.0 Å². The number of benzene rings is 2. The molecule has 1 aliphatic heterocycles. The van der Waals surface area contributed by atoms with Crippen molar-refractivity contribution >= 4 is 23.5 Å². The van der Waals surface area contributed by atoms with Crippen molar-refractivity contribution in [1.82, 2.24) is 14.9 Å². The maximum Gasteiger partial charge on any atom is 0.407 e. The van der Waals surface area contributed by atoms with Crippen LogP contribution in [0.15, 0.2) is 60.8 Å². The summed E-state index contributed by atoms with van der Waals surface area (Å²) in [6.45, 7) is 3.65. The number of nitrogens with zero attached hydrogens (tertiary/aromatic N) is 5. The maximum absolute atomic E-state index is 13.4. The normalized spacial score (nSPS) is 14.2. The summed E-state index contributed by atoms with van der Waals surface area (Å²) >= 11 is 0. The third-order valence-corrected chi connectivity index (χ3v) is 6.28. The van der Waals surface area contributed by atoms with E-state index >= 15 is 0 Å². The number of hydrogen-bond acceptors (Lipinski definition) is 6. The van der Waals surface area contributed by atoms with Crippen molar-refractivity contribution in [2.75, 3.05) is 43.5 Å². The molecule has 0 aliphatic carbocycles. The highest BCUT2D eigenvalue weighted by atomic mass is 16.5. The molecule has 0 radical (unpaired) electrons. The molecule has 0 bridgehead atoms. The van der Waals surface area contributed by atoms with Crippen molar-refractivity contribution in [3.63, 3.8) is 0 Å². The van der Waals surface area contributed by atoms with Crippen molar-refractivity contribution in [2.24, 2.45) is 0 Å². The molecule has 2 aromatic carbocycles. The van der Waals surface area contributed by atoms with Gasteiger partial charge in [0.25, 0.3) is 5.91 Å². The molecule has 0 unspecified atom stereocenters. The molecule has 1 aliphatic rings. The second-order valence-electron chi connectivity index (χ2n) is 8.91. The van der Waals surface area contributed by atoms with Crippen LogP contribution in [0.3, 0.4) is 0 Å². The van der Waals surface area contributed by atoms with Crippen molar-refractivity contribution in [3.05, 3.63) is 83.3 Å². The number of likely N-dealkylation sites (N-methyl/N-ethyl adjacent to an activating group) is 1. The molecule has 3 aromatic rings. The van der Waals surface area contributed by atoms with E-state index in [0.717, 1.165) is 16.8 Å². The second-order valence-corrected chi connectivity index (χ2v) is 8.91. The monoisotopic (exact) mass is 489 g/mol. The number of amides is 2. The Hall–Kier alpha value is -3.98. The zero-order valence-corrected chi connectivity index (χ0v) is 20.8. The first-order valence-corrected chi connectivity index (χ1v) is 11.9. The number of carbonyl (C=O) groups excluding carboxylic acids is 1. The highest BCUT2D eigenvalue weighted by molar-refractivity contribution is 6.09. The molecule has 0 saturated heterocycles. The first kappa shape index (κ1) is 25.1. The predicted molar refractivity (Wildman–Crippen MR) is 137 cm³/mol. The molecule has 1 N–H and O–H groups in total. The third kappa shape index (κ3) is 5.80. The zero-order chi connectivity index (χ0) is 25.7. The summed E-state index contributed by atoms with van der Waals surface area (Å²) in [5.41, 5.74) is 3.18. The summed E-state index contributed by atoms with van der Waals surface area (Å²) in [6, 6.07) is 17.5. The quantitative estimate of drug-likeness (QED) is 0.508. The van der Waals surface area contributed by atoms with Gasteiger partial charge in [-0.05, 0) is 36.6 Å². The Kier molecular flexibility index (Phi) is 7.80. The van der Waals surface area contributed by atoms with Crippen LogP contribution in [-0.4, -0.2) is 65.7 Å².